The molecule has 0 radical (unpaired) electrons. The molecule has 2 aliphatic rings. The van der Waals surface area contributed by atoms with Crippen molar-refractivity contribution in [1.29, 1.82) is 0 Å². The minimum atomic E-state index is -0.530. The number of hydrogen-bond acceptors (Lipinski definition) is 5. The number of ether oxygens (including phenoxy) is 1. The molecule has 5 heteroatoms. The van der Waals surface area contributed by atoms with Gasteiger partial charge < -0.3 is 9.64 Å². The van der Waals surface area contributed by atoms with Crippen molar-refractivity contribution in [2.24, 2.45) is 0 Å². The molecule has 0 saturated heterocycles. The molecule has 0 saturated carbocycles. The van der Waals surface area contributed by atoms with Gasteiger partial charge in [0.1, 0.15) is 5.76 Å². The maximum Gasteiger partial charge on any atom is 0.208 e. The molecule has 26 heavy (non-hydrogen) atoms. The average molecular weight is 348 g/mol. The Kier molecular flexibility index (Phi) is 4.17. The number of ketones is 2. The maximum absolute atomic E-state index is 13.1. The van der Waals surface area contributed by atoms with Crippen LogP contribution < -0.4 is 0 Å². The first-order valence-corrected chi connectivity index (χ1v) is 8.71. The first kappa shape index (κ1) is 16.7. The highest BCUT2D eigenvalue weighted by Gasteiger charge is 2.37. The number of rotatable bonds is 4. The van der Waals surface area contributed by atoms with E-state index in [1.54, 1.807) is 12.4 Å². The largest absolute Gasteiger partial charge is 0.479 e. The normalized spacial score (nSPS) is 19.3. The third-order valence-corrected chi connectivity index (χ3v) is 4.82. The summed E-state index contributed by atoms with van der Waals surface area (Å²) < 4.78 is 6.07. The van der Waals surface area contributed by atoms with Crippen LogP contribution in [0, 0.1) is 0 Å². The Balaban J connectivity index is 1.81. The van der Waals surface area contributed by atoms with Crippen LogP contribution in [0.2, 0.25) is 0 Å². The van der Waals surface area contributed by atoms with E-state index in [9.17, 15) is 9.59 Å². The fourth-order valence-corrected chi connectivity index (χ4v) is 3.58. The van der Waals surface area contributed by atoms with Gasteiger partial charge in [0.2, 0.25) is 5.78 Å². The highest BCUT2D eigenvalue weighted by Crippen LogP contribution is 2.37. The topological polar surface area (TPSA) is 59.5 Å². The number of aryl methyl sites for hydroxylation is 1. The summed E-state index contributed by atoms with van der Waals surface area (Å²) in [6, 6.07) is 9.35. The fourth-order valence-electron chi connectivity index (χ4n) is 3.58. The van der Waals surface area contributed by atoms with Crippen LogP contribution in [0.15, 0.2) is 42.7 Å². The van der Waals surface area contributed by atoms with Crippen molar-refractivity contribution in [3.8, 4) is 0 Å². The smallest absolute Gasteiger partial charge is 0.208 e. The molecule has 5 nitrogen and oxygen atoms in total. The molecule has 132 valence electrons. The number of pyridine rings is 1. The van der Waals surface area contributed by atoms with E-state index < -0.39 is 6.10 Å². The summed E-state index contributed by atoms with van der Waals surface area (Å²) in [6.45, 7) is 0.514. The quantitative estimate of drug-likeness (QED) is 0.850. The molecule has 1 aliphatic carbocycles. The Morgan fingerprint density at radius 1 is 1.08 bits per heavy atom. The summed E-state index contributed by atoms with van der Waals surface area (Å²) >= 11 is 0. The monoisotopic (exact) mass is 348 g/mol. The minimum absolute atomic E-state index is 0.0187. The second kappa shape index (κ2) is 6.50. The van der Waals surface area contributed by atoms with Gasteiger partial charge >= 0.3 is 0 Å². The second-order valence-electron chi connectivity index (χ2n) is 6.97. The van der Waals surface area contributed by atoms with E-state index in [0.717, 1.165) is 28.7 Å². The number of carbonyl (C=O) groups is 2. The van der Waals surface area contributed by atoms with E-state index in [-0.39, 0.29) is 11.6 Å². The second-order valence-corrected chi connectivity index (χ2v) is 6.97. The van der Waals surface area contributed by atoms with Gasteiger partial charge in [0, 0.05) is 36.5 Å². The molecule has 4 rings (SSSR count). The molecule has 1 atom stereocenters. The Bertz CT molecular complexity index is 916. The predicted molar refractivity (Wildman–Crippen MR) is 98.6 cm³/mol. The van der Waals surface area contributed by atoms with Crippen molar-refractivity contribution >= 4 is 22.9 Å². The van der Waals surface area contributed by atoms with Crippen molar-refractivity contribution in [2.75, 3.05) is 20.6 Å². The standard InChI is InChI=1S/C21H20N2O3/c1-23(2)12-18-20(25)19(21(26-18)13-7-9-22-10-8-13)15-3-5-16-14(11-15)4-6-17(16)24/h3,5,7-11,18H,4,6,12H2,1-2H3. The van der Waals surface area contributed by atoms with Crippen LogP contribution in [-0.2, 0) is 16.0 Å². The molecule has 0 N–H and O–H groups in total. The van der Waals surface area contributed by atoms with Crippen molar-refractivity contribution in [2.45, 2.75) is 18.9 Å². The zero-order valence-electron chi connectivity index (χ0n) is 14.9. The number of benzene rings is 1. The SMILES string of the molecule is CN(C)CC1OC(c2ccncc2)=C(c2ccc3c(c2)CCC3=O)C1=O. The lowest BCUT2D eigenvalue weighted by atomic mass is 9.94. The summed E-state index contributed by atoms with van der Waals surface area (Å²) in [5.41, 5.74) is 4.02. The van der Waals surface area contributed by atoms with E-state index in [2.05, 4.69) is 4.98 Å². The molecule has 1 unspecified atom stereocenters. The molecule has 1 aromatic carbocycles. The Hall–Kier alpha value is -2.79. The number of likely N-dealkylation sites (N-methyl/N-ethyl adjacent to an activating group) is 1. The summed E-state index contributed by atoms with van der Waals surface area (Å²) in [5.74, 6) is 0.748. The van der Waals surface area contributed by atoms with Crippen LogP contribution in [0.4, 0.5) is 0 Å². The highest BCUT2D eigenvalue weighted by molar-refractivity contribution is 6.31. The van der Waals surface area contributed by atoms with Crippen LogP contribution in [0.25, 0.3) is 11.3 Å². The number of hydrogen-bond donors (Lipinski definition) is 0. The van der Waals surface area contributed by atoms with Crippen LogP contribution in [0.5, 0.6) is 0 Å². The van der Waals surface area contributed by atoms with E-state index in [4.69, 9.17) is 4.74 Å². The van der Waals surface area contributed by atoms with Crippen LogP contribution >= 0.6 is 0 Å². The average Bonchev–Trinajstić information content (AvgIpc) is 3.16. The Morgan fingerprint density at radius 3 is 2.58 bits per heavy atom. The van der Waals surface area contributed by atoms with Crippen LogP contribution in [0.3, 0.4) is 0 Å². The highest BCUT2D eigenvalue weighted by atomic mass is 16.5. The van der Waals surface area contributed by atoms with Gasteiger partial charge in [0.15, 0.2) is 11.9 Å². The maximum atomic E-state index is 13.1. The number of Topliss-reactive ketones (excluding diaryl/α,β-unsaturated/α-hetero) is 2. The predicted octanol–water partition coefficient (Wildman–Crippen LogP) is 2.61. The molecule has 1 aromatic heterocycles. The van der Waals surface area contributed by atoms with Gasteiger partial charge in [0.25, 0.3) is 0 Å². The van der Waals surface area contributed by atoms with Gasteiger partial charge in [-0.05, 0) is 43.8 Å². The molecule has 2 heterocycles. The summed E-state index contributed by atoms with van der Waals surface area (Å²) in [4.78, 5) is 31.0. The lowest BCUT2D eigenvalue weighted by molar-refractivity contribution is -0.119. The Labute approximate surface area is 152 Å². The molecular weight excluding hydrogens is 328 g/mol. The van der Waals surface area contributed by atoms with Gasteiger partial charge in [0.05, 0.1) is 5.57 Å². The van der Waals surface area contributed by atoms with Gasteiger partial charge in [-0.3, -0.25) is 14.6 Å². The lowest BCUT2D eigenvalue weighted by Crippen LogP contribution is -2.31. The van der Waals surface area contributed by atoms with Crippen molar-refractivity contribution in [3.63, 3.8) is 0 Å². The molecule has 0 fully saturated rings. The van der Waals surface area contributed by atoms with E-state index in [1.165, 1.54) is 0 Å². The first-order valence-electron chi connectivity index (χ1n) is 8.71. The van der Waals surface area contributed by atoms with Crippen molar-refractivity contribution < 1.29 is 14.3 Å². The number of fused-ring (bicyclic) bond motifs is 1. The minimum Gasteiger partial charge on any atom is -0.479 e. The van der Waals surface area contributed by atoms with E-state index in [0.29, 0.717) is 24.3 Å². The van der Waals surface area contributed by atoms with Crippen LogP contribution in [-0.4, -0.2) is 48.2 Å². The van der Waals surface area contributed by atoms with Gasteiger partial charge in [-0.2, -0.15) is 0 Å². The molecule has 0 bridgehead atoms. The third-order valence-electron chi connectivity index (χ3n) is 4.82. The molecule has 0 spiro atoms. The summed E-state index contributed by atoms with van der Waals surface area (Å²) in [7, 11) is 3.84. The number of aromatic nitrogens is 1. The van der Waals surface area contributed by atoms with Gasteiger partial charge in [-0.1, -0.05) is 18.2 Å². The Morgan fingerprint density at radius 2 is 1.85 bits per heavy atom. The van der Waals surface area contributed by atoms with Gasteiger partial charge in [-0.25, -0.2) is 0 Å². The van der Waals surface area contributed by atoms with E-state index >= 15 is 0 Å². The zero-order valence-corrected chi connectivity index (χ0v) is 14.9. The van der Waals surface area contributed by atoms with Crippen LogP contribution in [0.1, 0.15) is 33.5 Å². The fraction of sp³-hybridized carbons (Fsp3) is 0.286. The van der Waals surface area contributed by atoms with Crippen molar-refractivity contribution in [3.05, 3.63) is 65.0 Å². The molecule has 0 amide bonds. The van der Waals surface area contributed by atoms with E-state index in [1.807, 2.05) is 49.3 Å². The van der Waals surface area contributed by atoms with Crippen molar-refractivity contribution in [1.82, 2.24) is 9.88 Å². The number of nitrogens with zero attached hydrogens (tertiary/aromatic N) is 2. The zero-order chi connectivity index (χ0) is 18.3. The van der Waals surface area contributed by atoms with Gasteiger partial charge in [-0.15, -0.1) is 0 Å². The molecular formula is C21H20N2O3. The summed E-state index contributed by atoms with van der Waals surface area (Å²) in [5, 5.41) is 0. The lowest BCUT2D eigenvalue weighted by Gasteiger charge is -2.16. The number of carbonyl (C=O) groups excluding carboxylic acids is 2. The first-order chi connectivity index (χ1) is 12.5. The summed E-state index contributed by atoms with van der Waals surface area (Å²) in [6.07, 6.45) is 4.12. The molecule has 2 aromatic rings. The third kappa shape index (κ3) is 2.84. The molecule has 1 aliphatic heterocycles.